The highest BCUT2D eigenvalue weighted by atomic mass is 19.4. The van der Waals surface area contributed by atoms with Crippen molar-refractivity contribution in [1.82, 2.24) is 0 Å². The van der Waals surface area contributed by atoms with Gasteiger partial charge in [-0.25, -0.2) is 4.39 Å². The lowest BCUT2D eigenvalue weighted by molar-refractivity contribution is -0.137. The lowest BCUT2D eigenvalue weighted by atomic mass is 10.0. The summed E-state index contributed by atoms with van der Waals surface area (Å²) in [6, 6.07) is 9.62. The zero-order valence-corrected chi connectivity index (χ0v) is 15.8. The quantitative estimate of drug-likeness (QED) is 0.194. The fourth-order valence-corrected chi connectivity index (χ4v) is 2.72. The van der Waals surface area contributed by atoms with Crippen molar-refractivity contribution in [2.75, 3.05) is 0 Å². The largest absolute Gasteiger partial charge is 0.416 e. The smallest absolute Gasteiger partial charge is 0.206 e. The molecular formula is C22H24F4N2. The van der Waals surface area contributed by atoms with Crippen molar-refractivity contribution in [3.63, 3.8) is 0 Å². The molecule has 0 unspecified atom stereocenters. The van der Waals surface area contributed by atoms with Crippen LogP contribution >= 0.6 is 0 Å². The molecule has 0 aromatic heterocycles. The van der Waals surface area contributed by atoms with E-state index < -0.39 is 11.7 Å². The first-order valence-electron chi connectivity index (χ1n) is 9.42. The molecule has 0 aliphatic heterocycles. The highest BCUT2D eigenvalue weighted by Crippen LogP contribution is 2.28. The Kier molecular flexibility index (Phi) is 8.36. The average molecular weight is 392 g/mol. The topological polar surface area (TPSA) is 24.7 Å². The number of rotatable bonds is 9. The van der Waals surface area contributed by atoms with Crippen LogP contribution in [-0.2, 0) is 12.6 Å². The zero-order chi connectivity index (χ0) is 20.4. The van der Waals surface area contributed by atoms with Crippen LogP contribution in [0.15, 0.2) is 52.7 Å². The van der Waals surface area contributed by atoms with Gasteiger partial charge in [0.1, 0.15) is 5.82 Å². The number of benzene rings is 2. The van der Waals surface area contributed by atoms with Gasteiger partial charge in [0, 0.05) is 5.56 Å². The molecule has 6 heteroatoms. The Balaban J connectivity index is 1.88. The molecule has 0 atom stereocenters. The van der Waals surface area contributed by atoms with Crippen molar-refractivity contribution >= 4 is 12.4 Å². The number of aryl methyl sites for hydroxylation is 1. The molecule has 0 amide bonds. The summed E-state index contributed by atoms with van der Waals surface area (Å²) in [5.41, 5.74) is 1.03. The van der Waals surface area contributed by atoms with E-state index in [0.29, 0.717) is 11.1 Å². The molecule has 0 aliphatic rings. The highest BCUT2D eigenvalue weighted by Gasteiger charge is 2.29. The first-order valence-corrected chi connectivity index (χ1v) is 9.42. The molecule has 0 radical (unpaired) electrons. The number of hydrogen-bond acceptors (Lipinski definition) is 2. The Morgan fingerprint density at radius 3 is 2.18 bits per heavy atom. The van der Waals surface area contributed by atoms with E-state index in [4.69, 9.17) is 0 Å². The van der Waals surface area contributed by atoms with Crippen LogP contribution in [0.5, 0.6) is 0 Å². The van der Waals surface area contributed by atoms with Crippen molar-refractivity contribution in [2.24, 2.45) is 10.2 Å². The molecule has 28 heavy (non-hydrogen) atoms. The number of unbranched alkanes of at least 4 members (excludes halogenated alkanes) is 4. The molecule has 0 fully saturated rings. The lowest BCUT2D eigenvalue weighted by Crippen LogP contribution is -2.04. The molecule has 0 saturated heterocycles. The second-order valence-electron chi connectivity index (χ2n) is 6.63. The Bertz CT molecular complexity index is 793. The van der Waals surface area contributed by atoms with Gasteiger partial charge in [-0.15, -0.1) is 0 Å². The van der Waals surface area contributed by atoms with Crippen LogP contribution in [0.3, 0.4) is 0 Å². The fourth-order valence-electron chi connectivity index (χ4n) is 2.72. The minimum atomic E-state index is -4.37. The molecule has 0 N–H and O–H groups in total. The second-order valence-corrected chi connectivity index (χ2v) is 6.63. The van der Waals surface area contributed by atoms with Gasteiger partial charge in [-0.05, 0) is 42.2 Å². The van der Waals surface area contributed by atoms with Crippen LogP contribution in [0.2, 0.25) is 0 Å². The first kappa shape index (κ1) is 21.8. The van der Waals surface area contributed by atoms with Gasteiger partial charge < -0.3 is 0 Å². The predicted molar refractivity (Wildman–Crippen MR) is 105 cm³/mol. The third kappa shape index (κ3) is 7.25. The average Bonchev–Trinajstić information content (AvgIpc) is 2.66. The van der Waals surface area contributed by atoms with Gasteiger partial charge >= 0.3 is 6.18 Å². The molecule has 2 aromatic rings. The van der Waals surface area contributed by atoms with E-state index in [1.165, 1.54) is 49.9 Å². The van der Waals surface area contributed by atoms with Gasteiger partial charge in [-0.2, -0.15) is 23.4 Å². The van der Waals surface area contributed by atoms with Gasteiger partial charge in [0.25, 0.3) is 0 Å². The molecule has 0 saturated carbocycles. The van der Waals surface area contributed by atoms with Gasteiger partial charge in [0.15, 0.2) is 0 Å². The normalized spacial score (nSPS) is 12.3. The molecule has 0 aliphatic carbocycles. The van der Waals surface area contributed by atoms with E-state index in [2.05, 4.69) is 17.1 Å². The summed E-state index contributed by atoms with van der Waals surface area (Å²) in [7, 11) is 0. The third-order valence-corrected chi connectivity index (χ3v) is 4.34. The minimum absolute atomic E-state index is 0.319. The van der Waals surface area contributed by atoms with E-state index in [-0.39, 0.29) is 5.82 Å². The zero-order valence-electron chi connectivity index (χ0n) is 15.8. The maximum Gasteiger partial charge on any atom is 0.416 e. The number of hydrogen-bond donors (Lipinski definition) is 0. The van der Waals surface area contributed by atoms with Crippen LogP contribution in [0.4, 0.5) is 17.6 Å². The highest BCUT2D eigenvalue weighted by molar-refractivity contribution is 5.82. The SMILES string of the molecule is CCCCCCCc1ccc(/C=N/N=C/c2ccc(C(F)(F)F)cc2)c(F)c1. The summed E-state index contributed by atoms with van der Waals surface area (Å²) in [5.74, 6) is -0.362. The maximum atomic E-state index is 14.1. The van der Waals surface area contributed by atoms with Crippen LogP contribution in [-0.4, -0.2) is 12.4 Å². The molecule has 2 rings (SSSR count). The molecule has 2 aromatic carbocycles. The van der Waals surface area contributed by atoms with Crippen molar-refractivity contribution in [3.8, 4) is 0 Å². The summed E-state index contributed by atoms with van der Waals surface area (Å²) in [5, 5.41) is 7.54. The van der Waals surface area contributed by atoms with E-state index in [0.717, 1.165) is 37.0 Å². The molecule has 0 spiro atoms. The summed E-state index contributed by atoms with van der Waals surface area (Å²) in [6.07, 6.45) is 4.93. The van der Waals surface area contributed by atoms with Crippen molar-refractivity contribution in [1.29, 1.82) is 0 Å². The second kappa shape index (κ2) is 10.7. The number of halogens is 4. The minimum Gasteiger partial charge on any atom is -0.206 e. The Morgan fingerprint density at radius 2 is 1.54 bits per heavy atom. The Hall–Kier alpha value is -2.50. The van der Waals surface area contributed by atoms with Gasteiger partial charge in [-0.3, -0.25) is 0 Å². The van der Waals surface area contributed by atoms with Crippen molar-refractivity contribution in [2.45, 2.75) is 51.6 Å². The Morgan fingerprint density at radius 1 is 0.857 bits per heavy atom. The van der Waals surface area contributed by atoms with Crippen LogP contribution < -0.4 is 0 Å². The van der Waals surface area contributed by atoms with E-state index in [1.54, 1.807) is 6.07 Å². The van der Waals surface area contributed by atoms with Crippen LogP contribution in [0.25, 0.3) is 0 Å². The van der Waals surface area contributed by atoms with E-state index in [1.807, 2.05) is 6.07 Å². The summed E-state index contributed by atoms with van der Waals surface area (Å²) < 4.78 is 51.7. The van der Waals surface area contributed by atoms with Gasteiger partial charge in [0.2, 0.25) is 0 Å². The number of nitrogens with zero attached hydrogens (tertiary/aromatic N) is 2. The number of alkyl halides is 3. The van der Waals surface area contributed by atoms with Crippen LogP contribution in [0, 0.1) is 5.82 Å². The monoisotopic (exact) mass is 392 g/mol. The van der Waals surface area contributed by atoms with E-state index >= 15 is 0 Å². The molecule has 2 nitrogen and oxygen atoms in total. The summed E-state index contributed by atoms with van der Waals surface area (Å²) >= 11 is 0. The molecular weight excluding hydrogens is 368 g/mol. The Labute approximate surface area is 163 Å². The third-order valence-electron chi connectivity index (χ3n) is 4.34. The lowest BCUT2D eigenvalue weighted by Gasteiger charge is -2.05. The first-order chi connectivity index (χ1) is 13.4. The maximum absolute atomic E-state index is 14.1. The van der Waals surface area contributed by atoms with E-state index in [9.17, 15) is 17.6 Å². The van der Waals surface area contributed by atoms with Crippen molar-refractivity contribution in [3.05, 3.63) is 70.5 Å². The van der Waals surface area contributed by atoms with Gasteiger partial charge in [-0.1, -0.05) is 56.9 Å². The molecule has 0 bridgehead atoms. The summed E-state index contributed by atoms with van der Waals surface area (Å²) in [4.78, 5) is 0. The summed E-state index contributed by atoms with van der Waals surface area (Å²) in [6.45, 7) is 2.17. The van der Waals surface area contributed by atoms with Crippen LogP contribution in [0.1, 0.15) is 61.3 Å². The molecule has 150 valence electrons. The molecule has 0 heterocycles. The predicted octanol–water partition coefficient (Wildman–Crippen LogP) is 6.81. The van der Waals surface area contributed by atoms with Crippen molar-refractivity contribution < 1.29 is 17.6 Å². The standard InChI is InChI=1S/C22H24F4N2/c1-2-3-4-5-6-7-17-8-11-19(21(23)14-17)16-28-27-15-18-9-12-20(13-10-18)22(24,25)26/h8-16H,2-7H2,1H3/b27-15+,28-16+. The van der Waals surface area contributed by atoms with Gasteiger partial charge in [0.05, 0.1) is 18.0 Å². The fraction of sp³-hybridized carbons (Fsp3) is 0.364.